The fourth-order valence-corrected chi connectivity index (χ4v) is 4.08. The van der Waals surface area contributed by atoms with Crippen molar-refractivity contribution in [2.75, 3.05) is 14.2 Å². The Labute approximate surface area is 199 Å². The van der Waals surface area contributed by atoms with E-state index in [2.05, 4.69) is 33.1 Å². The van der Waals surface area contributed by atoms with E-state index in [4.69, 9.17) is 13.7 Å². The van der Waals surface area contributed by atoms with E-state index in [1.165, 1.54) is 50.8 Å². The molecule has 0 saturated heterocycles. The number of methoxy groups -OCH3 is 2. The standard InChI is InChI=1S/C22H19IN2O6S/c1-29-18-7-9-19(10-8-18)32(27,28)31-20-11-6-15(12-21(20)30-2)14-24-25-22(26)16-4-3-5-17(23)13-16/h3-14H,1-2H3,(H,25,26)/b24-14-. The Kier molecular flexibility index (Phi) is 7.70. The van der Waals surface area contributed by atoms with E-state index in [1.807, 2.05) is 6.07 Å². The SMILES string of the molecule is COc1ccc(S(=O)(=O)Oc2ccc(/C=N\NC(=O)c3cccc(I)c3)cc2OC)cc1. The number of hydrogen-bond donors (Lipinski definition) is 1. The molecule has 3 aromatic carbocycles. The molecule has 0 aliphatic rings. The molecular weight excluding hydrogens is 547 g/mol. The molecule has 32 heavy (non-hydrogen) atoms. The Morgan fingerprint density at radius 1 is 0.969 bits per heavy atom. The van der Waals surface area contributed by atoms with Crippen molar-refractivity contribution < 1.29 is 26.9 Å². The minimum absolute atomic E-state index is 0.0170. The molecule has 0 aliphatic carbocycles. The summed E-state index contributed by atoms with van der Waals surface area (Å²) in [5.41, 5.74) is 3.50. The number of ether oxygens (including phenoxy) is 2. The van der Waals surface area contributed by atoms with Gasteiger partial charge in [-0.3, -0.25) is 4.79 Å². The average Bonchev–Trinajstić information content (AvgIpc) is 2.79. The number of hydrogen-bond acceptors (Lipinski definition) is 7. The summed E-state index contributed by atoms with van der Waals surface area (Å²) >= 11 is 2.12. The Bertz CT molecular complexity index is 1240. The molecule has 3 rings (SSSR count). The lowest BCUT2D eigenvalue weighted by molar-refractivity contribution is 0.0955. The normalized spacial score (nSPS) is 11.2. The van der Waals surface area contributed by atoms with Crippen LogP contribution in [0.15, 0.2) is 76.7 Å². The number of rotatable bonds is 8. The predicted octanol–water partition coefficient (Wildman–Crippen LogP) is 3.84. The quantitative estimate of drug-likeness (QED) is 0.193. The molecule has 0 atom stereocenters. The zero-order chi connectivity index (χ0) is 23.1. The molecule has 0 aliphatic heterocycles. The Hall–Kier alpha value is -3.12. The van der Waals surface area contributed by atoms with Gasteiger partial charge in [-0.05, 0) is 88.8 Å². The highest BCUT2D eigenvalue weighted by Crippen LogP contribution is 2.30. The summed E-state index contributed by atoms with van der Waals surface area (Å²) in [6.45, 7) is 0. The third kappa shape index (κ3) is 5.98. The van der Waals surface area contributed by atoms with Gasteiger partial charge in [0.1, 0.15) is 10.6 Å². The van der Waals surface area contributed by atoms with E-state index in [1.54, 1.807) is 30.3 Å². The summed E-state index contributed by atoms with van der Waals surface area (Å²) in [5, 5.41) is 3.94. The molecule has 0 fully saturated rings. The molecule has 166 valence electrons. The highest BCUT2D eigenvalue weighted by molar-refractivity contribution is 14.1. The number of carbonyl (C=O) groups excluding carboxylic acids is 1. The Balaban J connectivity index is 1.72. The molecule has 8 nitrogen and oxygen atoms in total. The van der Waals surface area contributed by atoms with Crippen LogP contribution < -0.4 is 19.1 Å². The average molecular weight is 566 g/mol. The van der Waals surface area contributed by atoms with Crippen molar-refractivity contribution in [3.63, 3.8) is 0 Å². The van der Waals surface area contributed by atoms with Crippen LogP contribution in [0.25, 0.3) is 0 Å². The second-order valence-corrected chi connectivity index (χ2v) is 9.12. The van der Waals surface area contributed by atoms with E-state index in [9.17, 15) is 13.2 Å². The highest BCUT2D eigenvalue weighted by atomic mass is 127. The maximum absolute atomic E-state index is 12.6. The minimum atomic E-state index is -4.07. The number of benzene rings is 3. The number of carbonyl (C=O) groups is 1. The lowest BCUT2D eigenvalue weighted by Crippen LogP contribution is -2.17. The molecule has 0 heterocycles. The van der Waals surface area contributed by atoms with E-state index in [0.29, 0.717) is 16.9 Å². The van der Waals surface area contributed by atoms with Gasteiger partial charge in [-0.15, -0.1) is 0 Å². The first kappa shape index (κ1) is 23.5. The first-order chi connectivity index (χ1) is 15.3. The van der Waals surface area contributed by atoms with Gasteiger partial charge in [-0.2, -0.15) is 13.5 Å². The van der Waals surface area contributed by atoms with Crippen LogP contribution in [0.4, 0.5) is 0 Å². The molecule has 0 bridgehead atoms. The number of hydrazone groups is 1. The molecule has 0 radical (unpaired) electrons. The third-order valence-corrected chi connectivity index (χ3v) is 6.12. The molecular formula is C22H19IN2O6S. The molecule has 10 heteroatoms. The number of halogens is 1. The summed E-state index contributed by atoms with van der Waals surface area (Å²) in [6, 6.07) is 17.5. The van der Waals surface area contributed by atoms with Crippen LogP contribution in [0.2, 0.25) is 0 Å². The van der Waals surface area contributed by atoms with Gasteiger partial charge in [0.25, 0.3) is 5.91 Å². The third-order valence-electron chi connectivity index (χ3n) is 4.20. The fraction of sp³-hybridized carbons (Fsp3) is 0.0909. The van der Waals surface area contributed by atoms with Gasteiger partial charge in [-0.1, -0.05) is 6.07 Å². The molecule has 0 spiro atoms. The summed E-state index contributed by atoms with van der Waals surface area (Å²) < 4.78 is 41.6. The van der Waals surface area contributed by atoms with Crippen molar-refractivity contribution in [3.8, 4) is 17.2 Å². The van der Waals surface area contributed by atoms with Crippen LogP contribution in [-0.2, 0) is 10.1 Å². The lowest BCUT2D eigenvalue weighted by Gasteiger charge is -2.11. The van der Waals surface area contributed by atoms with Crippen molar-refractivity contribution in [2.24, 2.45) is 5.10 Å². The largest absolute Gasteiger partial charge is 0.497 e. The summed E-state index contributed by atoms with van der Waals surface area (Å²) in [6.07, 6.45) is 1.41. The Morgan fingerprint density at radius 3 is 2.38 bits per heavy atom. The summed E-state index contributed by atoms with van der Waals surface area (Å²) in [4.78, 5) is 12.1. The van der Waals surface area contributed by atoms with E-state index in [0.717, 1.165) is 3.57 Å². The van der Waals surface area contributed by atoms with Gasteiger partial charge >= 0.3 is 10.1 Å². The molecule has 0 unspecified atom stereocenters. The molecule has 1 amide bonds. The molecule has 3 aromatic rings. The molecule has 0 saturated carbocycles. The van der Waals surface area contributed by atoms with Gasteiger partial charge in [0.2, 0.25) is 0 Å². The smallest absolute Gasteiger partial charge is 0.339 e. The molecule has 0 aromatic heterocycles. The highest BCUT2D eigenvalue weighted by Gasteiger charge is 2.19. The molecule has 1 N–H and O–H groups in total. The van der Waals surface area contributed by atoms with Crippen molar-refractivity contribution in [1.29, 1.82) is 0 Å². The fourth-order valence-electron chi connectivity index (χ4n) is 2.60. The lowest BCUT2D eigenvalue weighted by atomic mass is 10.2. The van der Waals surface area contributed by atoms with Gasteiger partial charge in [0.15, 0.2) is 11.5 Å². The van der Waals surface area contributed by atoms with Crippen LogP contribution in [0.5, 0.6) is 17.2 Å². The zero-order valence-electron chi connectivity index (χ0n) is 17.1. The number of nitrogens with one attached hydrogen (secondary N) is 1. The van der Waals surface area contributed by atoms with Gasteiger partial charge in [-0.25, -0.2) is 5.43 Å². The van der Waals surface area contributed by atoms with Crippen LogP contribution in [0.3, 0.4) is 0 Å². The number of amides is 1. The summed E-state index contributed by atoms with van der Waals surface area (Å²) in [7, 11) is -1.19. The minimum Gasteiger partial charge on any atom is -0.497 e. The van der Waals surface area contributed by atoms with Gasteiger partial charge < -0.3 is 13.7 Å². The van der Waals surface area contributed by atoms with Crippen molar-refractivity contribution >= 4 is 44.8 Å². The second kappa shape index (κ2) is 10.5. The second-order valence-electron chi connectivity index (χ2n) is 6.33. The zero-order valence-corrected chi connectivity index (χ0v) is 20.1. The monoisotopic (exact) mass is 566 g/mol. The van der Waals surface area contributed by atoms with Crippen molar-refractivity contribution in [2.45, 2.75) is 4.90 Å². The Morgan fingerprint density at radius 2 is 1.72 bits per heavy atom. The summed E-state index contributed by atoms with van der Waals surface area (Å²) in [5.74, 6) is 0.384. The van der Waals surface area contributed by atoms with Gasteiger partial charge in [0, 0.05) is 9.13 Å². The maximum Gasteiger partial charge on any atom is 0.339 e. The van der Waals surface area contributed by atoms with E-state index < -0.39 is 10.1 Å². The first-order valence-corrected chi connectivity index (χ1v) is 11.7. The van der Waals surface area contributed by atoms with E-state index in [-0.39, 0.29) is 22.3 Å². The van der Waals surface area contributed by atoms with Crippen LogP contribution in [0, 0.1) is 3.57 Å². The van der Waals surface area contributed by atoms with Crippen LogP contribution in [-0.4, -0.2) is 34.8 Å². The predicted molar refractivity (Wildman–Crippen MR) is 128 cm³/mol. The van der Waals surface area contributed by atoms with Crippen LogP contribution in [0.1, 0.15) is 15.9 Å². The maximum atomic E-state index is 12.6. The van der Waals surface area contributed by atoms with Gasteiger partial charge in [0.05, 0.1) is 20.4 Å². The number of nitrogens with zero attached hydrogens (tertiary/aromatic N) is 1. The topological polar surface area (TPSA) is 103 Å². The first-order valence-electron chi connectivity index (χ1n) is 9.18. The van der Waals surface area contributed by atoms with Crippen molar-refractivity contribution in [1.82, 2.24) is 5.43 Å². The van der Waals surface area contributed by atoms with Crippen LogP contribution >= 0.6 is 22.6 Å². The van der Waals surface area contributed by atoms with Crippen molar-refractivity contribution in [3.05, 3.63) is 81.4 Å². The van der Waals surface area contributed by atoms with E-state index >= 15 is 0 Å².